The number of hydrogen-bond donors (Lipinski definition) is 1. The van der Waals surface area contributed by atoms with Crippen molar-refractivity contribution in [3.63, 3.8) is 0 Å². The molecular formula is C14H17NO3. The Morgan fingerprint density at radius 2 is 2.17 bits per heavy atom. The zero-order valence-electron chi connectivity index (χ0n) is 10.7. The highest BCUT2D eigenvalue weighted by Gasteiger charge is 2.07. The minimum atomic E-state index is -0.0160. The Morgan fingerprint density at radius 1 is 1.33 bits per heavy atom. The third-order valence-corrected chi connectivity index (χ3v) is 2.64. The molecule has 0 saturated carbocycles. The lowest BCUT2D eigenvalue weighted by molar-refractivity contribution is 0.181. The SMILES string of the molecule is CCCOc1cccc2c(=O)cc(COC)[nH]c12. The molecule has 2 rings (SSSR count). The number of benzene rings is 1. The maximum absolute atomic E-state index is 12.0. The Labute approximate surface area is 106 Å². The Kier molecular flexibility index (Phi) is 3.99. The lowest BCUT2D eigenvalue weighted by atomic mass is 10.2. The van der Waals surface area contributed by atoms with Crippen LogP contribution in [-0.4, -0.2) is 18.7 Å². The molecule has 4 nitrogen and oxygen atoms in total. The standard InChI is InChI=1S/C14H17NO3/c1-3-7-18-13-6-4-5-11-12(16)8-10(9-17-2)15-14(11)13/h4-6,8H,3,7,9H2,1-2H3,(H,15,16). The van der Waals surface area contributed by atoms with Crippen molar-refractivity contribution < 1.29 is 9.47 Å². The molecule has 0 radical (unpaired) electrons. The molecule has 96 valence electrons. The summed E-state index contributed by atoms with van der Waals surface area (Å²) in [6, 6.07) is 7.06. The number of H-pyrrole nitrogens is 1. The molecule has 0 fully saturated rings. The molecular weight excluding hydrogens is 230 g/mol. The summed E-state index contributed by atoms with van der Waals surface area (Å²) in [7, 11) is 1.60. The minimum absolute atomic E-state index is 0.0160. The first kappa shape index (κ1) is 12.6. The third-order valence-electron chi connectivity index (χ3n) is 2.64. The molecule has 0 spiro atoms. The highest BCUT2D eigenvalue weighted by Crippen LogP contribution is 2.22. The molecule has 0 amide bonds. The number of para-hydroxylation sites is 1. The van der Waals surface area contributed by atoms with Crippen LogP contribution in [0.5, 0.6) is 5.75 Å². The summed E-state index contributed by atoms with van der Waals surface area (Å²) in [5.41, 5.74) is 1.48. The van der Waals surface area contributed by atoms with Gasteiger partial charge in [-0.1, -0.05) is 13.0 Å². The maximum atomic E-state index is 12.0. The Morgan fingerprint density at radius 3 is 2.89 bits per heavy atom. The van der Waals surface area contributed by atoms with Crippen LogP contribution in [0.1, 0.15) is 19.0 Å². The summed E-state index contributed by atoms with van der Waals surface area (Å²) < 4.78 is 10.7. The zero-order chi connectivity index (χ0) is 13.0. The number of fused-ring (bicyclic) bond motifs is 1. The third kappa shape index (κ3) is 2.54. The first-order valence-electron chi connectivity index (χ1n) is 6.03. The van der Waals surface area contributed by atoms with E-state index in [2.05, 4.69) is 4.98 Å². The van der Waals surface area contributed by atoms with Gasteiger partial charge in [0.25, 0.3) is 0 Å². The fourth-order valence-electron chi connectivity index (χ4n) is 1.86. The maximum Gasteiger partial charge on any atom is 0.189 e. The number of methoxy groups -OCH3 is 1. The van der Waals surface area contributed by atoms with E-state index in [-0.39, 0.29) is 5.43 Å². The van der Waals surface area contributed by atoms with Crippen LogP contribution in [0.25, 0.3) is 10.9 Å². The number of hydrogen-bond acceptors (Lipinski definition) is 3. The zero-order valence-corrected chi connectivity index (χ0v) is 10.7. The second kappa shape index (κ2) is 5.69. The van der Waals surface area contributed by atoms with E-state index in [0.717, 1.165) is 17.6 Å². The molecule has 0 unspecified atom stereocenters. The van der Waals surface area contributed by atoms with Crippen LogP contribution >= 0.6 is 0 Å². The lowest BCUT2D eigenvalue weighted by Crippen LogP contribution is -2.07. The van der Waals surface area contributed by atoms with Crippen molar-refractivity contribution in [2.45, 2.75) is 20.0 Å². The Hall–Kier alpha value is -1.81. The summed E-state index contributed by atoms with van der Waals surface area (Å²) in [4.78, 5) is 15.2. The average molecular weight is 247 g/mol. The Bertz CT molecular complexity index is 589. The van der Waals surface area contributed by atoms with E-state index in [9.17, 15) is 4.79 Å². The van der Waals surface area contributed by atoms with Gasteiger partial charge < -0.3 is 14.5 Å². The Balaban J connectivity index is 2.54. The second-order valence-electron chi connectivity index (χ2n) is 4.12. The van der Waals surface area contributed by atoms with Crippen molar-refractivity contribution >= 4 is 10.9 Å². The highest BCUT2D eigenvalue weighted by molar-refractivity contribution is 5.84. The van der Waals surface area contributed by atoms with Gasteiger partial charge in [0, 0.05) is 24.3 Å². The van der Waals surface area contributed by atoms with Crippen molar-refractivity contribution in [2.24, 2.45) is 0 Å². The van der Waals surface area contributed by atoms with Gasteiger partial charge in [-0.15, -0.1) is 0 Å². The van der Waals surface area contributed by atoms with Crippen LogP contribution in [0.3, 0.4) is 0 Å². The lowest BCUT2D eigenvalue weighted by Gasteiger charge is -2.09. The molecule has 1 heterocycles. The number of pyridine rings is 1. The summed E-state index contributed by atoms with van der Waals surface area (Å²) in [5, 5.41) is 0.642. The molecule has 0 bridgehead atoms. The molecule has 0 saturated heterocycles. The molecule has 1 N–H and O–H groups in total. The van der Waals surface area contributed by atoms with Crippen molar-refractivity contribution in [3.05, 3.63) is 40.2 Å². The number of nitrogens with one attached hydrogen (secondary N) is 1. The molecule has 18 heavy (non-hydrogen) atoms. The molecule has 4 heteroatoms. The van der Waals surface area contributed by atoms with E-state index in [4.69, 9.17) is 9.47 Å². The monoisotopic (exact) mass is 247 g/mol. The number of aromatic amines is 1. The van der Waals surface area contributed by atoms with Gasteiger partial charge in [0.1, 0.15) is 5.75 Å². The van der Waals surface area contributed by atoms with E-state index in [1.807, 2.05) is 19.1 Å². The van der Waals surface area contributed by atoms with Crippen LogP contribution in [0, 0.1) is 0 Å². The first-order chi connectivity index (χ1) is 8.76. The smallest absolute Gasteiger partial charge is 0.189 e. The van der Waals surface area contributed by atoms with Crippen molar-refractivity contribution in [3.8, 4) is 5.75 Å². The van der Waals surface area contributed by atoms with Crippen LogP contribution in [-0.2, 0) is 11.3 Å². The first-order valence-corrected chi connectivity index (χ1v) is 6.03. The number of ether oxygens (including phenoxy) is 2. The van der Waals surface area contributed by atoms with Gasteiger partial charge in [-0.3, -0.25) is 4.79 Å². The van der Waals surface area contributed by atoms with E-state index in [0.29, 0.717) is 24.3 Å². The molecule has 0 atom stereocenters. The van der Waals surface area contributed by atoms with E-state index in [1.54, 1.807) is 19.2 Å². The predicted octanol–water partition coefficient (Wildman–Crippen LogP) is 2.46. The number of aromatic nitrogens is 1. The fourth-order valence-corrected chi connectivity index (χ4v) is 1.86. The van der Waals surface area contributed by atoms with Gasteiger partial charge in [-0.05, 0) is 18.6 Å². The van der Waals surface area contributed by atoms with Gasteiger partial charge in [-0.25, -0.2) is 0 Å². The topological polar surface area (TPSA) is 51.3 Å². The highest BCUT2D eigenvalue weighted by atomic mass is 16.5. The molecule has 0 aliphatic rings. The van der Waals surface area contributed by atoms with Crippen LogP contribution in [0.2, 0.25) is 0 Å². The molecule has 2 aromatic rings. The van der Waals surface area contributed by atoms with Crippen LogP contribution in [0.4, 0.5) is 0 Å². The van der Waals surface area contributed by atoms with Gasteiger partial charge in [0.05, 0.1) is 18.7 Å². The summed E-state index contributed by atoms with van der Waals surface area (Å²) in [6.45, 7) is 3.06. The largest absolute Gasteiger partial charge is 0.491 e. The van der Waals surface area contributed by atoms with Crippen molar-refractivity contribution in [1.82, 2.24) is 4.98 Å². The fraction of sp³-hybridized carbons (Fsp3) is 0.357. The summed E-state index contributed by atoms with van der Waals surface area (Å²) >= 11 is 0. The second-order valence-corrected chi connectivity index (χ2v) is 4.12. The van der Waals surface area contributed by atoms with Gasteiger partial charge in [-0.2, -0.15) is 0 Å². The van der Waals surface area contributed by atoms with Crippen LogP contribution in [0.15, 0.2) is 29.1 Å². The van der Waals surface area contributed by atoms with Gasteiger partial charge >= 0.3 is 0 Å². The summed E-state index contributed by atoms with van der Waals surface area (Å²) in [6.07, 6.45) is 0.929. The normalized spacial score (nSPS) is 10.8. The van der Waals surface area contributed by atoms with Crippen molar-refractivity contribution in [1.29, 1.82) is 0 Å². The average Bonchev–Trinajstić information content (AvgIpc) is 2.37. The van der Waals surface area contributed by atoms with E-state index in [1.165, 1.54) is 0 Å². The minimum Gasteiger partial charge on any atom is -0.491 e. The van der Waals surface area contributed by atoms with Gasteiger partial charge in [0.15, 0.2) is 5.43 Å². The molecule has 1 aromatic carbocycles. The molecule has 1 aromatic heterocycles. The predicted molar refractivity (Wildman–Crippen MR) is 71.1 cm³/mol. The number of rotatable bonds is 5. The van der Waals surface area contributed by atoms with E-state index >= 15 is 0 Å². The van der Waals surface area contributed by atoms with Gasteiger partial charge in [0.2, 0.25) is 0 Å². The van der Waals surface area contributed by atoms with E-state index < -0.39 is 0 Å². The summed E-state index contributed by atoms with van der Waals surface area (Å²) in [5.74, 6) is 0.712. The molecule has 0 aliphatic carbocycles. The quantitative estimate of drug-likeness (QED) is 0.883. The van der Waals surface area contributed by atoms with Crippen molar-refractivity contribution in [2.75, 3.05) is 13.7 Å². The van der Waals surface area contributed by atoms with Crippen LogP contribution < -0.4 is 10.2 Å². The molecule has 0 aliphatic heterocycles.